The molecule has 2 aromatic carbocycles. The van der Waals surface area contributed by atoms with Crippen LogP contribution in [0.15, 0.2) is 85.7 Å². The van der Waals surface area contributed by atoms with E-state index in [0.29, 0.717) is 25.6 Å². The van der Waals surface area contributed by atoms with Gasteiger partial charge in [-0.25, -0.2) is 19.6 Å². The molecule has 0 bridgehead atoms. The molecule has 4 aromatic rings. The molecule has 0 amide bonds. The summed E-state index contributed by atoms with van der Waals surface area (Å²) in [7, 11) is 3.28. The summed E-state index contributed by atoms with van der Waals surface area (Å²) in [4.78, 5) is 30.9. The molecule has 0 aliphatic carbocycles. The van der Waals surface area contributed by atoms with Gasteiger partial charge in [0.05, 0.1) is 43.7 Å². The first-order valence-electron chi connectivity index (χ1n) is 13.8. The third kappa shape index (κ3) is 19.9. The zero-order valence-corrected chi connectivity index (χ0v) is 39.8. The molecule has 0 fully saturated rings. The monoisotopic (exact) mass is 1330 g/mol. The van der Waals surface area contributed by atoms with Crippen LogP contribution >= 0.6 is 98.4 Å². The number of benzene rings is 2. The van der Waals surface area contributed by atoms with Crippen LogP contribution in [0.25, 0.3) is 0 Å². The first-order valence-corrected chi connectivity index (χ1v) is 32.7. The number of esters is 1. The van der Waals surface area contributed by atoms with Crippen molar-refractivity contribution >= 4 is 110 Å². The van der Waals surface area contributed by atoms with Crippen LogP contribution in [-0.4, -0.2) is 70.2 Å². The number of hydrogen-bond donors (Lipinski definition) is 1. The summed E-state index contributed by atoms with van der Waals surface area (Å²) in [5.74, 6) is -1.34. The molecule has 0 saturated carbocycles. The zero-order chi connectivity index (χ0) is 34.7. The van der Waals surface area contributed by atoms with E-state index in [0.717, 1.165) is 24.2 Å². The van der Waals surface area contributed by atoms with E-state index in [1.54, 1.807) is 31.4 Å². The van der Waals surface area contributed by atoms with Gasteiger partial charge in [-0.15, -0.1) is 24.0 Å². The van der Waals surface area contributed by atoms with Gasteiger partial charge in [0, 0.05) is 58.1 Å². The Kier molecular flexibility index (Phi) is 33.5. The normalized spacial score (nSPS) is 10.8. The van der Waals surface area contributed by atoms with Crippen LogP contribution in [0.2, 0.25) is 0 Å². The summed E-state index contributed by atoms with van der Waals surface area (Å²) in [5, 5.41) is 8.99. The van der Waals surface area contributed by atoms with E-state index in [-0.39, 0.29) is 54.3 Å². The molecule has 0 radical (unpaired) electrons. The van der Waals surface area contributed by atoms with Crippen LogP contribution in [0.5, 0.6) is 0 Å². The number of carbonyl (C=O) groups is 2. The number of hydrogen-bond acceptors (Lipinski definition) is 7. The standard InChI is InChI=1S/C15H18N2O3.C12H12N2O2.C4H10O.I3.I2.HI/c1-12(13-6-4-3-5-7-13)17-11-16-10-14(17)15(18)20-9-8-19-2;1-9(10-5-3-2-4-6-10)14-8-13-7-11(14)12(15)16;1-3-4-5-2;1-3-2;1-2;/h3-7,10-12H,8-9H2,1-2H3;2-9H,1H3,(H,15,16);3-4H2,1-2H3;;;1H/q;;;-1;;/t12-;9-;;;;/m11..../s1. The second-order valence-electron chi connectivity index (χ2n) is 9.03. The van der Waals surface area contributed by atoms with Crippen molar-refractivity contribution in [1.29, 1.82) is 0 Å². The molecule has 2 atom stereocenters. The minimum atomic E-state index is -0.958. The van der Waals surface area contributed by atoms with Crippen LogP contribution in [0.1, 0.15) is 71.4 Å². The number of ether oxygens (including phenoxy) is 3. The number of carbonyl (C=O) groups excluding carboxylic acids is 1. The van der Waals surface area contributed by atoms with Crippen LogP contribution in [-0.2, 0) is 14.2 Å². The summed E-state index contributed by atoms with van der Waals surface area (Å²) in [5.41, 5.74) is 2.81. The number of nitrogens with zero attached hydrogens (tertiary/aromatic N) is 4. The molecule has 4 rings (SSSR count). The van der Waals surface area contributed by atoms with E-state index in [4.69, 9.17) is 19.3 Å². The molecule has 2 heterocycles. The Labute approximate surface area is 348 Å². The van der Waals surface area contributed by atoms with E-state index >= 15 is 0 Å². The summed E-state index contributed by atoms with van der Waals surface area (Å²) in [6, 6.07) is 19.7. The maximum absolute atomic E-state index is 12.0. The van der Waals surface area contributed by atoms with Gasteiger partial charge < -0.3 is 28.5 Å². The summed E-state index contributed by atoms with van der Waals surface area (Å²) in [6.45, 7) is 7.56. The second kappa shape index (κ2) is 32.0. The number of rotatable bonds is 11. The predicted octanol–water partition coefficient (Wildman–Crippen LogP) is 6.69. The Morgan fingerprint density at radius 2 is 1.19 bits per heavy atom. The first-order chi connectivity index (χ1) is 22.3. The fraction of sp³-hybridized carbons (Fsp3) is 0.355. The molecular formula is C31H41I6N4O6-. The summed E-state index contributed by atoms with van der Waals surface area (Å²) in [6.07, 6.45) is 7.19. The van der Waals surface area contributed by atoms with Crippen LogP contribution in [0.3, 0.4) is 0 Å². The first kappa shape index (κ1) is 49.2. The van der Waals surface area contributed by atoms with Crippen molar-refractivity contribution in [3.63, 3.8) is 0 Å². The van der Waals surface area contributed by atoms with Gasteiger partial charge in [-0.3, -0.25) is 0 Å². The third-order valence-electron chi connectivity index (χ3n) is 6.09. The quantitative estimate of drug-likeness (QED) is 0.100. The molecule has 16 heteroatoms. The van der Waals surface area contributed by atoms with Crippen LogP contribution in [0.4, 0.5) is 0 Å². The van der Waals surface area contributed by atoms with Crippen LogP contribution in [0, 0.1) is 0 Å². The van der Waals surface area contributed by atoms with Gasteiger partial charge in [0.25, 0.3) is 0 Å². The summed E-state index contributed by atoms with van der Waals surface area (Å²) >= 11 is 9.54. The van der Waals surface area contributed by atoms with Crippen molar-refractivity contribution in [2.75, 3.05) is 34.0 Å². The van der Waals surface area contributed by atoms with Crippen molar-refractivity contribution in [3.8, 4) is 0 Å². The third-order valence-corrected chi connectivity index (χ3v) is 6.09. The van der Waals surface area contributed by atoms with E-state index in [9.17, 15) is 9.59 Å². The van der Waals surface area contributed by atoms with Gasteiger partial charge in [0.15, 0.2) is 0 Å². The molecule has 0 unspecified atom stereocenters. The Morgan fingerprint density at radius 3 is 1.55 bits per heavy atom. The average molecular weight is 1330 g/mol. The number of carboxylic acid groups (broad SMARTS) is 1. The number of aromatic carboxylic acids is 1. The molecule has 0 aliphatic rings. The number of aromatic nitrogens is 4. The van der Waals surface area contributed by atoms with Gasteiger partial charge in [-0.2, -0.15) is 0 Å². The van der Waals surface area contributed by atoms with E-state index < -0.39 is 5.97 Å². The molecule has 10 nitrogen and oxygen atoms in total. The molecule has 2 aromatic heterocycles. The van der Waals surface area contributed by atoms with Gasteiger partial charge >= 0.3 is 62.4 Å². The Morgan fingerprint density at radius 1 is 0.787 bits per heavy atom. The number of halogens is 6. The van der Waals surface area contributed by atoms with Crippen molar-refractivity contribution in [2.45, 2.75) is 39.3 Å². The SMILES string of the molecule is CCCOC.COCCOC(=O)c1cncn1[C@H](C)c1ccccc1.C[C@H](c1ccccc1)n1cncc1C(=O)O.I.II.I[I-]I. The molecule has 0 aliphatic heterocycles. The molecule has 47 heavy (non-hydrogen) atoms. The molecule has 1 N–H and O–H groups in total. The fourth-order valence-electron chi connectivity index (χ4n) is 3.83. The molecule has 0 saturated heterocycles. The van der Waals surface area contributed by atoms with Gasteiger partial charge in [0.1, 0.15) is 18.0 Å². The van der Waals surface area contributed by atoms with Crippen molar-refractivity contribution in [2.24, 2.45) is 0 Å². The van der Waals surface area contributed by atoms with Crippen molar-refractivity contribution in [3.05, 3.63) is 108 Å². The van der Waals surface area contributed by atoms with Crippen molar-refractivity contribution in [1.82, 2.24) is 19.1 Å². The maximum atomic E-state index is 12.0. The topological polar surface area (TPSA) is 118 Å². The second-order valence-corrected chi connectivity index (χ2v) is 25.3. The number of imidazole rings is 2. The molecular weight excluding hydrogens is 1290 g/mol. The summed E-state index contributed by atoms with van der Waals surface area (Å²) < 4.78 is 18.1. The van der Waals surface area contributed by atoms with E-state index in [1.165, 1.54) is 12.4 Å². The Hall–Kier alpha value is 0.100. The van der Waals surface area contributed by atoms with E-state index in [2.05, 4.69) is 91.4 Å². The predicted molar refractivity (Wildman–Crippen MR) is 228 cm³/mol. The average Bonchev–Trinajstić information content (AvgIpc) is 3.79. The zero-order valence-electron chi connectivity index (χ0n) is 26.6. The Balaban J connectivity index is 0. The van der Waals surface area contributed by atoms with E-state index in [1.807, 2.05) is 79.1 Å². The number of carboxylic acids is 1. The van der Waals surface area contributed by atoms with Gasteiger partial charge in [-0.05, 0) is 31.4 Å². The minimum absolute atomic E-state index is 0. The fourth-order valence-corrected chi connectivity index (χ4v) is 3.83. The Bertz CT molecular complexity index is 1330. The van der Waals surface area contributed by atoms with Gasteiger partial charge in [0.2, 0.25) is 0 Å². The van der Waals surface area contributed by atoms with Gasteiger partial charge in [-0.1, -0.05) is 67.6 Å². The van der Waals surface area contributed by atoms with Crippen molar-refractivity contribution < 1.29 is 42.2 Å². The molecule has 264 valence electrons. The van der Waals surface area contributed by atoms with Crippen LogP contribution < -0.4 is 13.3 Å². The molecule has 0 spiro atoms. The number of methoxy groups -OCH3 is 2.